The van der Waals surface area contributed by atoms with Crippen molar-refractivity contribution in [3.05, 3.63) is 29.5 Å². The first-order valence-electron chi connectivity index (χ1n) is 7.28. The summed E-state index contributed by atoms with van der Waals surface area (Å²) < 4.78 is 5.25. The molecule has 3 N–H and O–H groups in total. The highest BCUT2D eigenvalue weighted by molar-refractivity contribution is 6.01. The lowest BCUT2D eigenvalue weighted by Crippen LogP contribution is -2.26. The van der Waals surface area contributed by atoms with Crippen LogP contribution in [0.15, 0.2) is 18.2 Å². The zero-order valence-electron chi connectivity index (χ0n) is 13.1. The first kappa shape index (κ1) is 15.9. The summed E-state index contributed by atoms with van der Waals surface area (Å²) in [6.07, 6.45) is 1.02. The van der Waals surface area contributed by atoms with Crippen molar-refractivity contribution in [2.24, 2.45) is 0 Å². The Morgan fingerprint density at radius 1 is 1.32 bits per heavy atom. The SMILES string of the molecule is CCC(=O)NCCc1c(C(=O)NC)[nH]c2ccc(OC)cc12. The van der Waals surface area contributed by atoms with Gasteiger partial charge in [0.15, 0.2) is 0 Å². The summed E-state index contributed by atoms with van der Waals surface area (Å²) >= 11 is 0. The highest BCUT2D eigenvalue weighted by atomic mass is 16.5. The van der Waals surface area contributed by atoms with Crippen LogP contribution in [0.5, 0.6) is 5.75 Å². The smallest absolute Gasteiger partial charge is 0.267 e. The molecule has 2 amide bonds. The molecule has 118 valence electrons. The number of benzene rings is 1. The van der Waals surface area contributed by atoms with Gasteiger partial charge in [0, 0.05) is 30.9 Å². The van der Waals surface area contributed by atoms with Crippen molar-refractivity contribution >= 4 is 22.7 Å². The lowest BCUT2D eigenvalue weighted by Gasteiger charge is -2.06. The third-order valence-corrected chi connectivity index (χ3v) is 3.59. The zero-order chi connectivity index (χ0) is 16.1. The fraction of sp³-hybridized carbons (Fsp3) is 0.375. The molecule has 0 aliphatic carbocycles. The number of aromatic nitrogens is 1. The van der Waals surface area contributed by atoms with E-state index < -0.39 is 0 Å². The molecule has 0 unspecified atom stereocenters. The maximum atomic E-state index is 12.1. The lowest BCUT2D eigenvalue weighted by molar-refractivity contribution is -0.120. The molecular weight excluding hydrogens is 282 g/mol. The topological polar surface area (TPSA) is 83.2 Å². The number of hydrogen-bond donors (Lipinski definition) is 3. The number of carbonyl (C=O) groups is 2. The maximum absolute atomic E-state index is 12.1. The van der Waals surface area contributed by atoms with Crippen LogP contribution in [0.4, 0.5) is 0 Å². The molecule has 0 saturated carbocycles. The first-order chi connectivity index (χ1) is 10.6. The Labute approximate surface area is 129 Å². The van der Waals surface area contributed by atoms with Crippen molar-refractivity contribution in [2.75, 3.05) is 20.7 Å². The number of nitrogens with one attached hydrogen (secondary N) is 3. The molecule has 0 aliphatic heterocycles. The molecule has 1 aromatic carbocycles. The van der Waals surface area contributed by atoms with Gasteiger partial charge in [0.05, 0.1) is 7.11 Å². The van der Waals surface area contributed by atoms with Gasteiger partial charge in [0.2, 0.25) is 5.91 Å². The van der Waals surface area contributed by atoms with E-state index in [1.54, 1.807) is 14.2 Å². The van der Waals surface area contributed by atoms with Gasteiger partial charge in [-0.05, 0) is 30.2 Å². The quantitative estimate of drug-likeness (QED) is 0.758. The summed E-state index contributed by atoms with van der Waals surface area (Å²) in [5, 5.41) is 6.40. The molecule has 0 bridgehead atoms. The second-order valence-corrected chi connectivity index (χ2v) is 4.92. The minimum absolute atomic E-state index is 0.00100. The lowest BCUT2D eigenvalue weighted by atomic mass is 10.1. The summed E-state index contributed by atoms with van der Waals surface area (Å²) in [6, 6.07) is 5.62. The van der Waals surface area contributed by atoms with E-state index in [4.69, 9.17) is 4.74 Å². The number of fused-ring (bicyclic) bond motifs is 1. The van der Waals surface area contributed by atoms with E-state index in [1.807, 2.05) is 25.1 Å². The normalized spacial score (nSPS) is 10.5. The van der Waals surface area contributed by atoms with Gasteiger partial charge < -0.3 is 20.4 Å². The highest BCUT2D eigenvalue weighted by Crippen LogP contribution is 2.27. The van der Waals surface area contributed by atoms with E-state index >= 15 is 0 Å². The van der Waals surface area contributed by atoms with Crippen molar-refractivity contribution in [1.29, 1.82) is 0 Å². The van der Waals surface area contributed by atoms with E-state index in [0.29, 0.717) is 25.1 Å². The van der Waals surface area contributed by atoms with Crippen molar-refractivity contribution in [1.82, 2.24) is 15.6 Å². The van der Waals surface area contributed by atoms with Gasteiger partial charge in [-0.15, -0.1) is 0 Å². The molecule has 6 nitrogen and oxygen atoms in total. The molecular formula is C16H21N3O3. The minimum atomic E-state index is -0.174. The summed E-state index contributed by atoms with van der Waals surface area (Å²) in [6.45, 7) is 2.29. The van der Waals surface area contributed by atoms with Gasteiger partial charge >= 0.3 is 0 Å². The monoisotopic (exact) mass is 303 g/mol. The van der Waals surface area contributed by atoms with Gasteiger partial charge in [-0.3, -0.25) is 9.59 Å². The third kappa shape index (κ3) is 3.21. The van der Waals surface area contributed by atoms with Crippen LogP contribution in [0.2, 0.25) is 0 Å². The minimum Gasteiger partial charge on any atom is -0.497 e. The number of aromatic amines is 1. The van der Waals surface area contributed by atoms with E-state index in [9.17, 15) is 9.59 Å². The van der Waals surface area contributed by atoms with Crippen LogP contribution >= 0.6 is 0 Å². The van der Waals surface area contributed by atoms with Crippen molar-refractivity contribution < 1.29 is 14.3 Å². The van der Waals surface area contributed by atoms with Crippen LogP contribution in [0.25, 0.3) is 10.9 Å². The summed E-state index contributed by atoms with van der Waals surface area (Å²) in [4.78, 5) is 26.5. The molecule has 6 heteroatoms. The number of amides is 2. The van der Waals surface area contributed by atoms with Gasteiger partial charge in [-0.25, -0.2) is 0 Å². The highest BCUT2D eigenvalue weighted by Gasteiger charge is 2.17. The van der Waals surface area contributed by atoms with Crippen LogP contribution in [0, 0.1) is 0 Å². The van der Waals surface area contributed by atoms with E-state index in [-0.39, 0.29) is 11.8 Å². The molecule has 22 heavy (non-hydrogen) atoms. The maximum Gasteiger partial charge on any atom is 0.267 e. The van der Waals surface area contributed by atoms with Crippen LogP contribution in [0.3, 0.4) is 0 Å². The zero-order valence-corrected chi connectivity index (χ0v) is 13.1. The van der Waals surface area contributed by atoms with E-state index in [0.717, 1.165) is 22.2 Å². The Bertz CT molecular complexity index is 691. The van der Waals surface area contributed by atoms with Gasteiger partial charge in [-0.2, -0.15) is 0 Å². The number of ether oxygens (including phenoxy) is 1. The number of methoxy groups -OCH3 is 1. The molecule has 0 radical (unpaired) electrons. The molecule has 2 rings (SSSR count). The number of rotatable bonds is 6. The van der Waals surface area contributed by atoms with Crippen molar-refractivity contribution in [3.8, 4) is 5.75 Å². The Balaban J connectivity index is 2.37. The third-order valence-electron chi connectivity index (χ3n) is 3.59. The summed E-state index contributed by atoms with van der Waals surface area (Å²) in [5.41, 5.74) is 2.28. The number of carbonyl (C=O) groups excluding carboxylic acids is 2. The Kier molecular flexibility index (Phi) is 5.04. The fourth-order valence-corrected chi connectivity index (χ4v) is 2.38. The molecule has 0 saturated heterocycles. The molecule has 0 fully saturated rings. The fourth-order valence-electron chi connectivity index (χ4n) is 2.38. The predicted molar refractivity (Wildman–Crippen MR) is 85.2 cm³/mol. The van der Waals surface area contributed by atoms with Crippen LogP contribution in [-0.2, 0) is 11.2 Å². The van der Waals surface area contributed by atoms with E-state index in [1.165, 1.54) is 0 Å². The predicted octanol–water partition coefficient (Wildman–Crippen LogP) is 1.60. The summed E-state index contributed by atoms with van der Waals surface area (Å²) in [5.74, 6) is 0.555. The summed E-state index contributed by atoms with van der Waals surface area (Å²) in [7, 11) is 3.20. The largest absolute Gasteiger partial charge is 0.497 e. The van der Waals surface area contributed by atoms with E-state index in [2.05, 4.69) is 15.6 Å². The second-order valence-electron chi connectivity index (χ2n) is 4.92. The molecule has 0 aliphatic rings. The molecule has 2 aromatic rings. The van der Waals surface area contributed by atoms with Gasteiger partial charge in [0.1, 0.15) is 11.4 Å². The van der Waals surface area contributed by atoms with Crippen molar-refractivity contribution in [2.45, 2.75) is 19.8 Å². The van der Waals surface area contributed by atoms with Gasteiger partial charge in [-0.1, -0.05) is 6.92 Å². The van der Waals surface area contributed by atoms with Gasteiger partial charge in [0.25, 0.3) is 5.91 Å². The molecule has 0 atom stereocenters. The van der Waals surface area contributed by atoms with Crippen LogP contribution < -0.4 is 15.4 Å². The van der Waals surface area contributed by atoms with Crippen LogP contribution in [-0.4, -0.2) is 37.5 Å². The number of H-pyrrole nitrogens is 1. The number of hydrogen-bond acceptors (Lipinski definition) is 3. The Hall–Kier alpha value is -2.50. The van der Waals surface area contributed by atoms with Crippen molar-refractivity contribution in [3.63, 3.8) is 0 Å². The second kappa shape index (κ2) is 6.98. The Morgan fingerprint density at radius 2 is 2.09 bits per heavy atom. The Morgan fingerprint density at radius 3 is 2.73 bits per heavy atom. The molecule has 0 spiro atoms. The average molecular weight is 303 g/mol. The first-order valence-corrected chi connectivity index (χ1v) is 7.28. The molecule has 1 heterocycles. The van der Waals surface area contributed by atoms with Crippen LogP contribution in [0.1, 0.15) is 29.4 Å². The molecule has 1 aromatic heterocycles. The standard InChI is InChI=1S/C16H21N3O3/c1-4-14(20)18-8-7-11-12-9-10(22-3)5-6-13(12)19-15(11)16(21)17-2/h5-6,9,19H,4,7-8H2,1-3H3,(H,17,21)(H,18,20). The average Bonchev–Trinajstić information content (AvgIpc) is 2.91.